The molecule has 1 saturated heterocycles. The third-order valence-electron chi connectivity index (χ3n) is 4.53. The first kappa shape index (κ1) is 16.1. The van der Waals surface area contributed by atoms with Crippen molar-refractivity contribution in [2.75, 3.05) is 12.3 Å². The summed E-state index contributed by atoms with van der Waals surface area (Å²) in [7, 11) is 0. The van der Waals surface area contributed by atoms with E-state index in [0.29, 0.717) is 22.9 Å². The van der Waals surface area contributed by atoms with Crippen LogP contribution in [-0.4, -0.2) is 39.4 Å². The Kier molecular flexibility index (Phi) is 4.19. The van der Waals surface area contributed by atoms with Crippen LogP contribution in [0.25, 0.3) is 10.9 Å². The second-order valence-corrected chi connectivity index (χ2v) is 7.48. The first-order chi connectivity index (χ1) is 10.9. The number of carbonyl (C=O) groups is 1. The first-order valence-electron chi connectivity index (χ1n) is 7.64. The minimum Gasteiger partial charge on any atom is -0.360 e. The van der Waals surface area contributed by atoms with Crippen molar-refractivity contribution < 1.29 is 9.18 Å². The van der Waals surface area contributed by atoms with Gasteiger partial charge in [0, 0.05) is 35.2 Å². The number of amides is 1. The topological polar surface area (TPSA) is 53.2 Å². The van der Waals surface area contributed by atoms with Gasteiger partial charge in [0.2, 0.25) is 5.43 Å². The van der Waals surface area contributed by atoms with Gasteiger partial charge in [-0.05, 0) is 31.5 Å². The monoisotopic (exact) mass is 334 g/mol. The lowest BCUT2D eigenvalue weighted by atomic mass is 10.1. The predicted octanol–water partition coefficient (Wildman–Crippen LogP) is 2.94. The van der Waals surface area contributed by atoms with Gasteiger partial charge < -0.3 is 9.88 Å². The summed E-state index contributed by atoms with van der Waals surface area (Å²) in [4.78, 5) is 30.2. The van der Waals surface area contributed by atoms with Crippen LogP contribution in [0, 0.1) is 12.7 Å². The van der Waals surface area contributed by atoms with Gasteiger partial charge in [-0.1, -0.05) is 6.92 Å². The number of carbonyl (C=O) groups excluding carboxylic acids is 1. The highest BCUT2D eigenvalue weighted by atomic mass is 32.2. The Balaban J connectivity index is 2.08. The standard InChI is InChI=1S/C17H19FN2O2S/c1-9-6-12(18)7-13-15(9)19-8-14(16(13)21)17(22)20-4-5-23-11(3)10(20)2/h6-8,10-11H,4-5H2,1-3H3,(H,19,21)/t10-,11+/m0/s1. The van der Waals surface area contributed by atoms with Crippen LogP contribution in [0.5, 0.6) is 0 Å². The molecule has 1 aliphatic rings. The molecule has 4 nitrogen and oxygen atoms in total. The molecule has 2 aromatic rings. The molecule has 1 fully saturated rings. The fraction of sp³-hybridized carbons (Fsp3) is 0.412. The number of nitrogens with one attached hydrogen (secondary N) is 1. The molecule has 1 N–H and O–H groups in total. The van der Waals surface area contributed by atoms with E-state index in [1.807, 2.05) is 18.7 Å². The minimum atomic E-state index is -0.471. The maximum Gasteiger partial charge on any atom is 0.259 e. The Hall–Kier alpha value is -1.82. The number of pyridine rings is 1. The number of H-pyrrole nitrogens is 1. The molecule has 1 aliphatic heterocycles. The number of rotatable bonds is 1. The highest BCUT2D eigenvalue weighted by molar-refractivity contribution is 8.00. The summed E-state index contributed by atoms with van der Waals surface area (Å²) < 4.78 is 13.6. The van der Waals surface area contributed by atoms with Crippen LogP contribution in [0.2, 0.25) is 0 Å². The molecule has 0 unspecified atom stereocenters. The van der Waals surface area contributed by atoms with Crippen molar-refractivity contribution in [1.82, 2.24) is 9.88 Å². The summed E-state index contributed by atoms with van der Waals surface area (Å²) in [6.45, 7) is 6.43. The zero-order valence-electron chi connectivity index (χ0n) is 13.4. The number of aromatic amines is 1. The van der Waals surface area contributed by atoms with Crippen LogP contribution in [-0.2, 0) is 0 Å². The van der Waals surface area contributed by atoms with Gasteiger partial charge in [0.1, 0.15) is 11.4 Å². The quantitative estimate of drug-likeness (QED) is 0.872. The molecule has 0 spiro atoms. The van der Waals surface area contributed by atoms with Crippen molar-refractivity contribution >= 4 is 28.6 Å². The zero-order chi connectivity index (χ0) is 16.7. The molecule has 0 saturated carbocycles. The van der Waals surface area contributed by atoms with Gasteiger partial charge in [0.05, 0.1) is 5.52 Å². The lowest BCUT2D eigenvalue weighted by Crippen LogP contribution is -2.49. The van der Waals surface area contributed by atoms with Crippen molar-refractivity contribution in [2.45, 2.75) is 32.1 Å². The van der Waals surface area contributed by atoms with E-state index in [1.54, 1.807) is 11.8 Å². The van der Waals surface area contributed by atoms with Gasteiger partial charge in [-0.25, -0.2) is 4.39 Å². The van der Waals surface area contributed by atoms with Crippen LogP contribution >= 0.6 is 11.8 Å². The molecule has 3 rings (SSSR count). The molecule has 6 heteroatoms. The second kappa shape index (κ2) is 6.00. The average Bonchev–Trinajstić information content (AvgIpc) is 2.50. The Bertz CT molecular complexity index is 833. The summed E-state index contributed by atoms with van der Waals surface area (Å²) >= 11 is 1.82. The molecular weight excluding hydrogens is 315 g/mol. The van der Waals surface area contributed by atoms with Crippen LogP contribution in [0.15, 0.2) is 23.1 Å². The van der Waals surface area contributed by atoms with Crippen molar-refractivity contribution in [3.05, 3.63) is 45.5 Å². The average molecular weight is 334 g/mol. The molecular formula is C17H19FN2O2S. The minimum absolute atomic E-state index is 0.0607. The number of aromatic nitrogens is 1. The van der Waals surface area contributed by atoms with Crippen LogP contribution in [0.1, 0.15) is 29.8 Å². The van der Waals surface area contributed by atoms with Gasteiger partial charge in [0.25, 0.3) is 5.91 Å². The predicted molar refractivity (Wildman–Crippen MR) is 91.7 cm³/mol. The summed E-state index contributed by atoms with van der Waals surface area (Å²) in [5, 5.41) is 0.548. The van der Waals surface area contributed by atoms with Gasteiger partial charge in [-0.15, -0.1) is 0 Å². The smallest absolute Gasteiger partial charge is 0.259 e. The van der Waals surface area contributed by atoms with E-state index in [0.717, 1.165) is 5.75 Å². The molecule has 0 radical (unpaired) electrons. The molecule has 1 aromatic heterocycles. The molecule has 1 aromatic carbocycles. The molecule has 0 aliphatic carbocycles. The highest BCUT2D eigenvalue weighted by Gasteiger charge is 2.30. The third-order valence-corrected chi connectivity index (χ3v) is 5.86. The third kappa shape index (κ3) is 2.76. The fourth-order valence-electron chi connectivity index (χ4n) is 3.00. The number of hydrogen-bond acceptors (Lipinski definition) is 3. The van der Waals surface area contributed by atoms with Crippen molar-refractivity contribution in [3.8, 4) is 0 Å². The molecule has 2 heterocycles. The summed E-state index contributed by atoms with van der Waals surface area (Å²) in [5.74, 6) is 0.104. The number of hydrogen-bond donors (Lipinski definition) is 1. The summed E-state index contributed by atoms with van der Waals surface area (Å²) in [5.41, 5.74) is 0.883. The summed E-state index contributed by atoms with van der Waals surface area (Å²) in [6.07, 6.45) is 1.46. The van der Waals surface area contributed by atoms with Crippen LogP contribution in [0.4, 0.5) is 4.39 Å². The number of nitrogens with zero attached hydrogens (tertiary/aromatic N) is 1. The fourth-order valence-corrected chi connectivity index (χ4v) is 4.10. The lowest BCUT2D eigenvalue weighted by molar-refractivity contribution is 0.0696. The number of thioether (sulfide) groups is 1. The number of aryl methyl sites for hydroxylation is 1. The molecule has 122 valence electrons. The van der Waals surface area contributed by atoms with E-state index >= 15 is 0 Å². The number of benzene rings is 1. The SMILES string of the molecule is Cc1cc(F)cc2c(=O)c(C(=O)N3CCS[C@H](C)[C@@H]3C)c[nH]c12. The molecule has 1 amide bonds. The first-order valence-corrected chi connectivity index (χ1v) is 8.69. The second-order valence-electron chi connectivity index (χ2n) is 5.99. The Morgan fingerprint density at radius 3 is 2.87 bits per heavy atom. The maximum atomic E-state index is 13.6. The Labute approximate surface area is 138 Å². The summed E-state index contributed by atoms with van der Waals surface area (Å²) in [6, 6.07) is 2.62. The van der Waals surface area contributed by atoms with Crippen molar-refractivity contribution in [2.24, 2.45) is 0 Å². The van der Waals surface area contributed by atoms with Gasteiger partial charge in [0.15, 0.2) is 0 Å². The van der Waals surface area contributed by atoms with E-state index in [-0.39, 0.29) is 22.9 Å². The van der Waals surface area contributed by atoms with Crippen LogP contribution < -0.4 is 5.43 Å². The van der Waals surface area contributed by atoms with E-state index < -0.39 is 11.2 Å². The number of fused-ring (bicyclic) bond motifs is 1. The Morgan fingerprint density at radius 1 is 1.39 bits per heavy atom. The van der Waals surface area contributed by atoms with Crippen molar-refractivity contribution in [3.63, 3.8) is 0 Å². The zero-order valence-corrected chi connectivity index (χ0v) is 14.2. The largest absolute Gasteiger partial charge is 0.360 e. The van der Waals surface area contributed by atoms with E-state index in [9.17, 15) is 14.0 Å². The molecule has 2 atom stereocenters. The molecule has 0 bridgehead atoms. The normalized spacial score (nSPS) is 21.7. The van der Waals surface area contributed by atoms with Crippen LogP contribution in [0.3, 0.4) is 0 Å². The number of halogens is 1. The lowest BCUT2D eigenvalue weighted by Gasteiger charge is -2.37. The molecule has 23 heavy (non-hydrogen) atoms. The van der Waals surface area contributed by atoms with E-state index in [4.69, 9.17) is 0 Å². The van der Waals surface area contributed by atoms with Gasteiger partial charge in [-0.2, -0.15) is 11.8 Å². The van der Waals surface area contributed by atoms with E-state index in [2.05, 4.69) is 11.9 Å². The highest BCUT2D eigenvalue weighted by Crippen LogP contribution is 2.25. The van der Waals surface area contributed by atoms with Gasteiger partial charge in [-0.3, -0.25) is 9.59 Å². The van der Waals surface area contributed by atoms with Gasteiger partial charge >= 0.3 is 0 Å². The van der Waals surface area contributed by atoms with E-state index in [1.165, 1.54) is 18.3 Å². The maximum absolute atomic E-state index is 13.6. The Morgan fingerprint density at radius 2 is 2.13 bits per heavy atom. The van der Waals surface area contributed by atoms with Crippen molar-refractivity contribution in [1.29, 1.82) is 0 Å².